The highest BCUT2D eigenvalue weighted by atomic mass is 16.5. The van der Waals surface area contributed by atoms with E-state index in [1.54, 1.807) is 0 Å². The molecule has 3 rings (SSSR count). The minimum atomic E-state index is -0.357. The molecule has 2 atom stereocenters. The SMILES string of the molecule is CC.CC1CC(O)c2ccccc2O1.O=CNCc1ccccc1. The van der Waals surface area contributed by atoms with Gasteiger partial charge in [0.25, 0.3) is 0 Å². The van der Waals surface area contributed by atoms with Gasteiger partial charge in [-0.1, -0.05) is 62.4 Å². The maximum atomic E-state index is 9.87. The lowest BCUT2D eigenvalue weighted by Crippen LogP contribution is -2.22. The Morgan fingerprint density at radius 3 is 2.42 bits per heavy atom. The van der Waals surface area contributed by atoms with Gasteiger partial charge >= 0.3 is 0 Å². The van der Waals surface area contributed by atoms with Gasteiger partial charge in [0.05, 0.1) is 12.2 Å². The molecule has 2 aromatic rings. The molecule has 130 valence electrons. The molecule has 2 N–H and O–H groups in total. The molecule has 1 aliphatic rings. The minimum Gasteiger partial charge on any atom is -0.490 e. The molecular formula is C20H27NO3. The summed E-state index contributed by atoms with van der Waals surface area (Å²) < 4.78 is 5.54. The van der Waals surface area contributed by atoms with E-state index >= 15 is 0 Å². The van der Waals surface area contributed by atoms with E-state index < -0.39 is 0 Å². The smallest absolute Gasteiger partial charge is 0.207 e. The van der Waals surface area contributed by atoms with Crippen molar-refractivity contribution in [2.24, 2.45) is 0 Å². The van der Waals surface area contributed by atoms with E-state index in [9.17, 15) is 9.90 Å². The van der Waals surface area contributed by atoms with Crippen LogP contribution in [0.4, 0.5) is 0 Å². The van der Waals surface area contributed by atoms with Crippen molar-refractivity contribution in [2.75, 3.05) is 0 Å². The number of benzene rings is 2. The van der Waals surface area contributed by atoms with Gasteiger partial charge in [-0.25, -0.2) is 0 Å². The van der Waals surface area contributed by atoms with Crippen molar-refractivity contribution in [3.8, 4) is 5.75 Å². The number of aliphatic hydroxyl groups excluding tert-OH is 1. The van der Waals surface area contributed by atoms with Crippen LogP contribution in [0.5, 0.6) is 5.75 Å². The van der Waals surface area contributed by atoms with Crippen LogP contribution in [-0.2, 0) is 11.3 Å². The van der Waals surface area contributed by atoms with Gasteiger partial charge in [-0.05, 0) is 18.6 Å². The molecule has 0 saturated carbocycles. The van der Waals surface area contributed by atoms with Gasteiger partial charge in [0, 0.05) is 18.5 Å². The molecule has 2 aromatic carbocycles. The van der Waals surface area contributed by atoms with Crippen LogP contribution in [0.1, 0.15) is 44.4 Å². The van der Waals surface area contributed by atoms with Crippen molar-refractivity contribution in [1.29, 1.82) is 0 Å². The number of para-hydroxylation sites is 1. The fourth-order valence-electron chi connectivity index (χ4n) is 2.32. The molecule has 1 amide bonds. The first kappa shape index (κ1) is 19.7. The van der Waals surface area contributed by atoms with E-state index in [-0.39, 0.29) is 12.2 Å². The van der Waals surface area contributed by atoms with Crippen molar-refractivity contribution < 1.29 is 14.6 Å². The zero-order chi connectivity index (χ0) is 17.8. The molecule has 0 aromatic heterocycles. The van der Waals surface area contributed by atoms with E-state index in [4.69, 9.17) is 4.74 Å². The fourth-order valence-corrected chi connectivity index (χ4v) is 2.32. The Balaban J connectivity index is 0.000000221. The molecule has 0 fully saturated rings. The van der Waals surface area contributed by atoms with Crippen LogP contribution in [0.3, 0.4) is 0 Å². The van der Waals surface area contributed by atoms with E-state index in [1.807, 2.05) is 75.4 Å². The first-order chi connectivity index (χ1) is 11.7. The van der Waals surface area contributed by atoms with Crippen LogP contribution in [-0.4, -0.2) is 17.6 Å². The Morgan fingerprint density at radius 1 is 1.12 bits per heavy atom. The highest BCUT2D eigenvalue weighted by molar-refractivity contribution is 5.46. The zero-order valence-corrected chi connectivity index (χ0v) is 14.6. The number of carbonyl (C=O) groups is 1. The minimum absolute atomic E-state index is 0.120. The lowest BCUT2D eigenvalue weighted by molar-refractivity contribution is -0.109. The molecule has 1 heterocycles. The van der Waals surface area contributed by atoms with Gasteiger partial charge in [0.15, 0.2) is 0 Å². The predicted molar refractivity (Wildman–Crippen MR) is 96.8 cm³/mol. The molecule has 4 nitrogen and oxygen atoms in total. The number of ether oxygens (including phenoxy) is 1. The second-order valence-corrected chi connectivity index (χ2v) is 5.20. The maximum absolute atomic E-state index is 9.87. The van der Waals surface area contributed by atoms with Crippen LogP contribution >= 0.6 is 0 Å². The Bertz CT molecular complexity index is 586. The van der Waals surface area contributed by atoms with Crippen LogP contribution in [0.25, 0.3) is 0 Å². The molecular weight excluding hydrogens is 302 g/mol. The van der Waals surface area contributed by atoms with Gasteiger partial charge in [0.2, 0.25) is 6.41 Å². The summed E-state index contributed by atoms with van der Waals surface area (Å²) in [5.41, 5.74) is 2.03. The van der Waals surface area contributed by atoms with Gasteiger partial charge < -0.3 is 15.2 Å². The van der Waals surface area contributed by atoms with Gasteiger partial charge in [0.1, 0.15) is 5.75 Å². The Labute approximate surface area is 144 Å². The monoisotopic (exact) mass is 329 g/mol. The second-order valence-electron chi connectivity index (χ2n) is 5.20. The van der Waals surface area contributed by atoms with Crippen molar-refractivity contribution in [3.05, 3.63) is 65.7 Å². The van der Waals surface area contributed by atoms with E-state index in [2.05, 4.69) is 5.32 Å². The van der Waals surface area contributed by atoms with Crippen LogP contribution < -0.4 is 10.1 Å². The van der Waals surface area contributed by atoms with E-state index in [0.717, 1.165) is 16.9 Å². The fraction of sp³-hybridized carbons (Fsp3) is 0.350. The first-order valence-electron chi connectivity index (χ1n) is 8.35. The summed E-state index contributed by atoms with van der Waals surface area (Å²) in [5, 5.41) is 12.2. The van der Waals surface area contributed by atoms with Gasteiger partial charge in [-0.3, -0.25) is 4.79 Å². The highest BCUT2D eigenvalue weighted by Crippen LogP contribution is 2.33. The summed E-state index contributed by atoms with van der Waals surface area (Å²) >= 11 is 0. The Hall–Kier alpha value is -2.33. The molecule has 2 unspecified atom stereocenters. The number of amides is 1. The largest absolute Gasteiger partial charge is 0.490 e. The van der Waals surface area contributed by atoms with Crippen LogP contribution in [0.15, 0.2) is 54.6 Å². The lowest BCUT2D eigenvalue weighted by Gasteiger charge is -2.26. The normalized spacial score (nSPS) is 17.7. The zero-order valence-electron chi connectivity index (χ0n) is 14.6. The number of aliphatic hydroxyl groups is 1. The summed E-state index contributed by atoms with van der Waals surface area (Å²) in [4.78, 5) is 9.87. The van der Waals surface area contributed by atoms with Crippen molar-refractivity contribution in [3.63, 3.8) is 0 Å². The molecule has 0 saturated heterocycles. The summed E-state index contributed by atoms with van der Waals surface area (Å²) in [6.07, 6.45) is 1.16. The number of rotatable bonds is 3. The van der Waals surface area contributed by atoms with Crippen molar-refractivity contribution in [2.45, 2.75) is 45.9 Å². The third-order valence-electron chi connectivity index (χ3n) is 3.39. The number of fused-ring (bicyclic) bond motifs is 1. The molecule has 0 radical (unpaired) electrons. The molecule has 4 heteroatoms. The summed E-state index contributed by atoms with van der Waals surface area (Å²) in [5.74, 6) is 0.823. The molecule has 0 bridgehead atoms. The Morgan fingerprint density at radius 2 is 1.75 bits per heavy atom. The predicted octanol–water partition coefficient (Wildman–Crippen LogP) is 3.85. The number of hydrogen-bond donors (Lipinski definition) is 2. The van der Waals surface area contributed by atoms with Crippen LogP contribution in [0.2, 0.25) is 0 Å². The molecule has 24 heavy (non-hydrogen) atoms. The van der Waals surface area contributed by atoms with Crippen molar-refractivity contribution in [1.82, 2.24) is 5.32 Å². The summed E-state index contributed by atoms with van der Waals surface area (Å²) in [6.45, 7) is 6.59. The molecule has 0 aliphatic carbocycles. The third kappa shape index (κ3) is 6.42. The second kappa shape index (κ2) is 11.2. The average Bonchev–Trinajstić information content (AvgIpc) is 2.63. The van der Waals surface area contributed by atoms with Crippen molar-refractivity contribution >= 4 is 6.41 Å². The number of hydrogen-bond acceptors (Lipinski definition) is 3. The highest BCUT2D eigenvalue weighted by Gasteiger charge is 2.22. The quantitative estimate of drug-likeness (QED) is 0.841. The molecule has 1 aliphatic heterocycles. The number of nitrogens with one attached hydrogen (secondary N) is 1. The standard InChI is InChI=1S/C10H12O2.C8H9NO.C2H6/c1-7-6-9(11)8-4-2-3-5-10(8)12-7;10-7-9-6-8-4-2-1-3-5-8;1-2/h2-5,7,9,11H,6H2,1H3;1-5,7H,6H2,(H,9,10);1-2H3. The lowest BCUT2D eigenvalue weighted by atomic mass is 10.0. The van der Waals surface area contributed by atoms with Gasteiger partial charge in [-0.2, -0.15) is 0 Å². The first-order valence-corrected chi connectivity index (χ1v) is 8.35. The summed E-state index contributed by atoms with van der Waals surface area (Å²) in [6, 6.07) is 17.4. The average molecular weight is 329 g/mol. The van der Waals surface area contributed by atoms with Gasteiger partial charge in [-0.15, -0.1) is 0 Å². The molecule has 0 spiro atoms. The maximum Gasteiger partial charge on any atom is 0.207 e. The number of carbonyl (C=O) groups excluding carboxylic acids is 1. The van der Waals surface area contributed by atoms with E-state index in [0.29, 0.717) is 19.4 Å². The van der Waals surface area contributed by atoms with Crippen LogP contribution in [0, 0.1) is 0 Å². The summed E-state index contributed by atoms with van der Waals surface area (Å²) in [7, 11) is 0. The van der Waals surface area contributed by atoms with E-state index in [1.165, 1.54) is 0 Å². The Kier molecular flexibility index (Phi) is 9.24. The third-order valence-corrected chi connectivity index (χ3v) is 3.39. The topological polar surface area (TPSA) is 58.6 Å².